The highest BCUT2D eigenvalue weighted by Crippen LogP contribution is 2.26. The smallest absolute Gasteiger partial charge is 0.328 e. The molecule has 0 fully saturated rings. The van der Waals surface area contributed by atoms with Crippen molar-refractivity contribution in [3.05, 3.63) is 23.9 Å². The van der Waals surface area contributed by atoms with Gasteiger partial charge in [-0.3, -0.25) is 10.1 Å². The zero-order valence-corrected chi connectivity index (χ0v) is 14.3. The van der Waals surface area contributed by atoms with Crippen LogP contribution in [0.2, 0.25) is 0 Å². The number of carbonyl (C=O) groups is 1. The van der Waals surface area contributed by atoms with Crippen molar-refractivity contribution in [2.24, 2.45) is 0 Å². The maximum atomic E-state index is 12.0. The molecule has 0 saturated carbocycles. The summed E-state index contributed by atoms with van der Waals surface area (Å²) >= 11 is 1.29. The van der Waals surface area contributed by atoms with Gasteiger partial charge >= 0.3 is 6.01 Å². The first kappa shape index (κ1) is 16.2. The molecule has 0 radical (unpaired) electrons. The van der Waals surface area contributed by atoms with Crippen LogP contribution in [-0.2, 0) is 11.3 Å². The van der Waals surface area contributed by atoms with Gasteiger partial charge in [-0.1, -0.05) is 16.9 Å². The molecule has 0 aliphatic carbocycles. The van der Waals surface area contributed by atoms with Gasteiger partial charge in [-0.25, -0.2) is 0 Å². The number of furan rings is 1. The Labute approximate surface area is 141 Å². The van der Waals surface area contributed by atoms with Crippen molar-refractivity contribution in [3.63, 3.8) is 0 Å². The molecule has 24 heavy (non-hydrogen) atoms. The Bertz CT molecular complexity index is 852. The van der Waals surface area contributed by atoms with E-state index in [1.165, 1.54) is 11.8 Å². The summed E-state index contributed by atoms with van der Waals surface area (Å²) in [4.78, 5) is 15.9. The van der Waals surface area contributed by atoms with Crippen molar-refractivity contribution in [1.82, 2.24) is 24.9 Å². The lowest BCUT2D eigenvalue weighted by molar-refractivity contribution is -0.114. The van der Waals surface area contributed by atoms with E-state index in [0.29, 0.717) is 17.5 Å². The number of aryl methyl sites for hydroxylation is 2. The number of anilines is 1. The maximum absolute atomic E-state index is 12.0. The summed E-state index contributed by atoms with van der Waals surface area (Å²) in [6.07, 6.45) is 1.62. The van der Waals surface area contributed by atoms with Crippen LogP contribution in [0.25, 0.3) is 11.4 Å². The van der Waals surface area contributed by atoms with E-state index in [4.69, 9.17) is 8.94 Å². The van der Waals surface area contributed by atoms with Crippen LogP contribution in [-0.4, -0.2) is 36.6 Å². The molecule has 0 saturated heterocycles. The molecule has 0 atom stereocenters. The van der Waals surface area contributed by atoms with Crippen LogP contribution in [0.1, 0.15) is 18.5 Å². The Balaban J connectivity index is 1.68. The normalized spacial score (nSPS) is 11.0. The number of rotatable bonds is 6. The van der Waals surface area contributed by atoms with Crippen molar-refractivity contribution < 1.29 is 13.7 Å². The third-order valence-corrected chi connectivity index (χ3v) is 4.21. The average Bonchev–Trinajstić information content (AvgIpc) is 3.25. The molecule has 0 unspecified atom stereocenters. The molecule has 3 aromatic rings. The van der Waals surface area contributed by atoms with Crippen molar-refractivity contribution in [2.75, 3.05) is 11.1 Å². The minimum atomic E-state index is -0.254. The van der Waals surface area contributed by atoms with Crippen LogP contribution in [0.15, 0.2) is 26.4 Å². The van der Waals surface area contributed by atoms with Gasteiger partial charge in [0.2, 0.25) is 5.91 Å². The van der Waals surface area contributed by atoms with E-state index < -0.39 is 0 Å². The standard InChI is InChI=1S/C14H16N6O3S/c1-4-20-12(10-5-6-22-8(10)2)17-18-14(20)24-7-11(21)16-13-15-9(3)19-23-13/h5-6H,4,7H2,1-3H3,(H,15,16,19,21). The molecule has 126 valence electrons. The zero-order chi connectivity index (χ0) is 17.1. The number of carbonyl (C=O) groups excluding carboxylic acids is 1. The fraction of sp³-hybridized carbons (Fsp3) is 0.357. The van der Waals surface area contributed by atoms with Gasteiger partial charge in [-0.05, 0) is 26.8 Å². The van der Waals surface area contributed by atoms with Crippen molar-refractivity contribution in [3.8, 4) is 11.4 Å². The molecular weight excluding hydrogens is 332 g/mol. The van der Waals surface area contributed by atoms with Crippen molar-refractivity contribution in [2.45, 2.75) is 32.5 Å². The molecule has 0 aliphatic heterocycles. The van der Waals surface area contributed by atoms with Gasteiger partial charge in [0, 0.05) is 6.54 Å². The molecule has 0 spiro atoms. The highest BCUT2D eigenvalue weighted by atomic mass is 32.2. The molecule has 3 heterocycles. The second-order valence-electron chi connectivity index (χ2n) is 4.92. The second kappa shape index (κ2) is 6.87. The molecule has 1 N–H and O–H groups in total. The Hall–Kier alpha value is -2.62. The first-order valence-corrected chi connectivity index (χ1v) is 8.27. The fourth-order valence-electron chi connectivity index (χ4n) is 2.13. The van der Waals surface area contributed by atoms with Crippen molar-refractivity contribution in [1.29, 1.82) is 0 Å². The van der Waals surface area contributed by atoms with Crippen LogP contribution in [0.5, 0.6) is 0 Å². The van der Waals surface area contributed by atoms with Gasteiger partial charge in [0.15, 0.2) is 16.8 Å². The summed E-state index contributed by atoms with van der Waals surface area (Å²) in [5, 5.41) is 15.2. The molecule has 10 heteroatoms. The summed E-state index contributed by atoms with van der Waals surface area (Å²) < 4.78 is 12.1. The summed E-state index contributed by atoms with van der Waals surface area (Å²) in [7, 11) is 0. The van der Waals surface area contributed by atoms with Crippen LogP contribution in [0, 0.1) is 13.8 Å². The number of aromatic nitrogens is 5. The van der Waals surface area contributed by atoms with Gasteiger partial charge in [-0.15, -0.1) is 10.2 Å². The number of amides is 1. The monoisotopic (exact) mass is 348 g/mol. The van der Waals surface area contributed by atoms with E-state index in [1.807, 2.05) is 24.5 Å². The van der Waals surface area contributed by atoms with Crippen LogP contribution >= 0.6 is 11.8 Å². The molecule has 0 aromatic carbocycles. The zero-order valence-electron chi connectivity index (χ0n) is 13.4. The Morgan fingerprint density at radius 1 is 1.38 bits per heavy atom. The van der Waals surface area contributed by atoms with E-state index in [0.717, 1.165) is 17.1 Å². The quantitative estimate of drug-likeness (QED) is 0.675. The van der Waals surface area contributed by atoms with Gasteiger partial charge in [0.05, 0.1) is 17.6 Å². The minimum absolute atomic E-state index is 0.0877. The molecule has 3 rings (SSSR count). The van der Waals surface area contributed by atoms with Crippen LogP contribution in [0.3, 0.4) is 0 Å². The fourth-order valence-corrected chi connectivity index (χ4v) is 2.93. The van der Waals surface area contributed by atoms with E-state index >= 15 is 0 Å². The largest absolute Gasteiger partial charge is 0.469 e. The summed E-state index contributed by atoms with van der Waals surface area (Å²) in [5.41, 5.74) is 0.891. The number of thioether (sulfide) groups is 1. The lowest BCUT2D eigenvalue weighted by Crippen LogP contribution is -2.15. The Morgan fingerprint density at radius 2 is 2.21 bits per heavy atom. The number of hydrogen-bond donors (Lipinski definition) is 1. The third-order valence-electron chi connectivity index (χ3n) is 3.24. The second-order valence-corrected chi connectivity index (χ2v) is 5.87. The predicted octanol–water partition coefficient (Wildman–Crippen LogP) is 2.29. The van der Waals surface area contributed by atoms with Crippen LogP contribution < -0.4 is 5.32 Å². The van der Waals surface area contributed by atoms with Gasteiger partial charge in [-0.2, -0.15) is 4.98 Å². The first-order chi connectivity index (χ1) is 11.6. The van der Waals surface area contributed by atoms with E-state index in [9.17, 15) is 4.79 Å². The molecule has 1 amide bonds. The van der Waals surface area contributed by atoms with E-state index in [1.54, 1.807) is 13.2 Å². The van der Waals surface area contributed by atoms with Gasteiger partial charge in [0.1, 0.15) is 5.76 Å². The lowest BCUT2D eigenvalue weighted by Gasteiger charge is -2.06. The number of hydrogen-bond acceptors (Lipinski definition) is 8. The summed E-state index contributed by atoms with van der Waals surface area (Å²) in [6, 6.07) is 1.94. The van der Waals surface area contributed by atoms with Gasteiger partial charge in [0.25, 0.3) is 0 Å². The Morgan fingerprint density at radius 3 is 2.83 bits per heavy atom. The molecule has 9 nitrogen and oxygen atoms in total. The molecular formula is C14H16N6O3S. The average molecular weight is 348 g/mol. The highest BCUT2D eigenvalue weighted by molar-refractivity contribution is 7.99. The number of nitrogens with zero attached hydrogens (tertiary/aromatic N) is 5. The van der Waals surface area contributed by atoms with Gasteiger partial charge < -0.3 is 13.5 Å². The minimum Gasteiger partial charge on any atom is -0.469 e. The predicted molar refractivity (Wildman–Crippen MR) is 86.5 cm³/mol. The molecule has 0 bridgehead atoms. The first-order valence-electron chi connectivity index (χ1n) is 7.29. The summed E-state index contributed by atoms with van der Waals surface area (Å²) in [6.45, 7) is 6.22. The lowest BCUT2D eigenvalue weighted by atomic mass is 10.2. The van der Waals surface area contributed by atoms with Crippen molar-refractivity contribution >= 4 is 23.7 Å². The highest BCUT2D eigenvalue weighted by Gasteiger charge is 2.17. The van der Waals surface area contributed by atoms with E-state index in [2.05, 4.69) is 25.7 Å². The molecule has 3 aromatic heterocycles. The topological polar surface area (TPSA) is 112 Å². The number of nitrogens with one attached hydrogen (secondary N) is 1. The van der Waals surface area contributed by atoms with Crippen LogP contribution in [0.4, 0.5) is 6.01 Å². The van der Waals surface area contributed by atoms with E-state index in [-0.39, 0.29) is 17.7 Å². The molecule has 0 aliphatic rings. The summed E-state index contributed by atoms with van der Waals surface area (Å²) in [5.74, 6) is 1.86. The SMILES string of the molecule is CCn1c(SCC(=O)Nc2nc(C)no2)nnc1-c1ccoc1C. The Kier molecular flexibility index (Phi) is 4.65. The third kappa shape index (κ3) is 3.32. The maximum Gasteiger partial charge on any atom is 0.328 e.